The lowest BCUT2D eigenvalue weighted by Crippen LogP contribution is -2.42. The van der Waals surface area contributed by atoms with Crippen LogP contribution in [0.4, 0.5) is 10.5 Å². The van der Waals surface area contributed by atoms with Crippen LogP contribution in [0.1, 0.15) is 32.3 Å². The quantitative estimate of drug-likeness (QED) is 0.612. The Balaban J connectivity index is 1.41. The van der Waals surface area contributed by atoms with Gasteiger partial charge in [0, 0.05) is 18.8 Å². The van der Waals surface area contributed by atoms with Crippen LogP contribution < -0.4 is 10.6 Å². The van der Waals surface area contributed by atoms with Crippen LogP contribution in [0.5, 0.6) is 0 Å². The van der Waals surface area contributed by atoms with Gasteiger partial charge in [-0.2, -0.15) is 4.31 Å². The van der Waals surface area contributed by atoms with Gasteiger partial charge in [-0.3, -0.25) is 14.5 Å². The smallest absolute Gasteiger partial charge is 0.325 e. The van der Waals surface area contributed by atoms with Crippen LogP contribution in [0, 0.1) is 5.92 Å². The number of amides is 4. The molecule has 4 rings (SSSR count). The van der Waals surface area contributed by atoms with E-state index in [1.54, 1.807) is 31.2 Å². The van der Waals surface area contributed by atoms with Gasteiger partial charge in [-0.05, 0) is 55.5 Å². The monoisotopic (exact) mass is 484 g/mol. The van der Waals surface area contributed by atoms with Crippen molar-refractivity contribution in [2.24, 2.45) is 5.92 Å². The van der Waals surface area contributed by atoms with E-state index in [-0.39, 0.29) is 4.90 Å². The molecule has 2 atom stereocenters. The summed E-state index contributed by atoms with van der Waals surface area (Å²) in [6.07, 6.45) is 1.85. The average Bonchev–Trinajstić information content (AvgIpc) is 3.04. The van der Waals surface area contributed by atoms with Gasteiger partial charge < -0.3 is 10.6 Å². The molecule has 0 saturated carbocycles. The lowest BCUT2D eigenvalue weighted by Gasteiger charge is -2.30. The Labute approximate surface area is 199 Å². The molecule has 0 aliphatic carbocycles. The fourth-order valence-electron chi connectivity index (χ4n) is 4.38. The second kappa shape index (κ2) is 9.19. The van der Waals surface area contributed by atoms with Crippen molar-refractivity contribution in [3.63, 3.8) is 0 Å². The van der Waals surface area contributed by atoms with Crippen molar-refractivity contribution in [3.8, 4) is 0 Å². The van der Waals surface area contributed by atoms with Crippen molar-refractivity contribution < 1.29 is 22.8 Å². The summed E-state index contributed by atoms with van der Waals surface area (Å²) in [5.74, 6) is -0.770. The highest BCUT2D eigenvalue weighted by molar-refractivity contribution is 7.89. The fourth-order valence-corrected chi connectivity index (χ4v) is 5.97. The number of carbonyl (C=O) groups excluding carboxylic acids is 3. The molecule has 0 bridgehead atoms. The SMILES string of the molecule is C[C@H]1CCCN(S(=O)(=O)c2ccc(NC(=O)CN3C(=O)N[C@](C)(c4ccccc4)C3=O)cc2)C1. The third-order valence-corrected chi connectivity index (χ3v) is 8.20. The van der Waals surface area contributed by atoms with Gasteiger partial charge in [0.15, 0.2) is 0 Å². The van der Waals surface area contributed by atoms with E-state index in [4.69, 9.17) is 0 Å². The molecule has 0 spiro atoms. The van der Waals surface area contributed by atoms with E-state index >= 15 is 0 Å². The van der Waals surface area contributed by atoms with Gasteiger partial charge in [0.25, 0.3) is 5.91 Å². The third kappa shape index (κ3) is 4.55. The number of hydrogen-bond donors (Lipinski definition) is 2. The third-order valence-electron chi connectivity index (χ3n) is 6.32. The molecule has 34 heavy (non-hydrogen) atoms. The summed E-state index contributed by atoms with van der Waals surface area (Å²) < 4.78 is 27.3. The van der Waals surface area contributed by atoms with Gasteiger partial charge in [-0.25, -0.2) is 13.2 Å². The number of sulfonamides is 1. The van der Waals surface area contributed by atoms with Crippen LogP contribution >= 0.6 is 0 Å². The molecule has 0 unspecified atom stereocenters. The Morgan fingerprint density at radius 2 is 1.79 bits per heavy atom. The number of piperidine rings is 1. The molecule has 2 N–H and O–H groups in total. The minimum atomic E-state index is -3.60. The first-order valence-electron chi connectivity index (χ1n) is 11.2. The maximum Gasteiger partial charge on any atom is 0.325 e. The van der Waals surface area contributed by atoms with Crippen LogP contribution in [0.15, 0.2) is 59.5 Å². The Hall–Kier alpha value is -3.24. The summed E-state index contributed by atoms with van der Waals surface area (Å²) in [7, 11) is -3.60. The summed E-state index contributed by atoms with van der Waals surface area (Å²) in [5, 5.41) is 5.28. The molecule has 2 aliphatic rings. The number of nitrogens with one attached hydrogen (secondary N) is 2. The minimum Gasteiger partial charge on any atom is -0.325 e. The molecule has 2 aromatic carbocycles. The second-order valence-electron chi connectivity index (χ2n) is 9.00. The first kappa shape index (κ1) is 23.9. The Kier molecular flexibility index (Phi) is 6.46. The van der Waals surface area contributed by atoms with E-state index in [2.05, 4.69) is 10.6 Å². The summed E-state index contributed by atoms with van der Waals surface area (Å²) in [4.78, 5) is 39.0. The first-order chi connectivity index (χ1) is 16.1. The normalized spacial score (nSPS) is 23.6. The van der Waals surface area contributed by atoms with Crippen LogP contribution in [0.3, 0.4) is 0 Å². The summed E-state index contributed by atoms with van der Waals surface area (Å²) in [6.45, 7) is 4.17. The van der Waals surface area contributed by atoms with Gasteiger partial charge in [0.1, 0.15) is 12.1 Å². The number of carbonyl (C=O) groups is 3. The van der Waals surface area contributed by atoms with Gasteiger partial charge >= 0.3 is 6.03 Å². The van der Waals surface area contributed by atoms with E-state index in [1.165, 1.54) is 28.6 Å². The van der Waals surface area contributed by atoms with Crippen molar-refractivity contribution in [3.05, 3.63) is 60.2 Å². The van der Waals surface area contributed by atoms with Gasteiger partial charge in [0.05, 0.1) is 4.90 Å². The molecule has 10 heteroatoms. The number of urea groups is 1. The number of rotatable bonds is 6. The minimum absolute atomic E-state index is 0.160. The number of nitrogens with zero attached hydrogens (tertiary/aromatic N) is 2. The lowest BCUT2D eigenvalue weighted by atomic mass is 9.92. The van der Waals surface area contributed by atoms with E-state index in [0.717, 1.165) is 17.7 Å². The van der Waals surface area contributed by atoms with Gasteiger partial charge in [-0.1, -0.05) is 37.3 Å². The van der Waals surface area contributed by atoms with E-state index < -0.39 is 40.0 Å². The Morgan fingerprint density at radius 3 is 2.44 bits per heavy atom. The topological polar surface area (TPSA) is 116 Å². The van der Waals surface area contributed by atoms with Gasteiger partial charge in [-0.15, -0.1) is 0 Å². The highest BCUT2D eigenvalue weighted by Crippen LogP contribution is 2.29. The number of anilines is 1. The molecule has 2 heterocycles. The number of imide groups is 1. The second-order valence-corrected chi connectivity index (χ2v) is 10.9. The van der Waals surface area contributed by atoms with Crippen LogP contribution in [-0.4, -0.2) is 55.1 Å². The molecule has 4 amide bonds. The molecule has 0 radical (unpaired) electrons. The van der Waals surface area contributed by atoms with Crippen LogP contribution in [-0.2, 0) is 25.2 Å². The maximum atomic E-state index is 12.9. The molecule has 9 nitrogen and oxygen atoms in total. The van der Waals surface area contributed by atoms with E-state index in [0.29, 0.717) is 30.3 Å². The fraction of sp³-hybridized carbons (Fsp3) is 0.375. The zero-order valence-corrected chi connectivity index (χ0v) is 20.0. The predicted molar refractivity (Wildman–Crippen MR) is 126 cm³/mol. The van der Waals surface area contributed by atoms with Crippen LogP contribution in [0.2, 0.25) is 0 Å². The predicted octanol–water partition coefficient (Wildman–Crippen LogP) is 2.51. The standard InChI is InChI=1S/C24H28N4O5S/c1-17-7-6-14-27(15-17)34(32,33)20-12-10-19(11-13-20)25-21(29)16-28-22(30)24(2,26-23(28)31)18-8-4-3-5-9-18/h3-5,8-13,17H,6-7,14-16H2,1-2H3,(H,25,29)(H,26,31)/t17-,24+/m0/s1. The molecular weight excluding hydrogens is 456 g/mol. The highest BCUT2D eigenvalue weighted by Gasteiger charge is 2.49. The lowest BCUT2D eigenvalue weighted by molar-refractivity contribution is -0.133. The highest BCUT2D eigenvalue weighted by atomic mass is 32.2. The average molecular weight is 485 g/mol. The van der Waals surface area contributed by atoms with Crippen LogP contribution in [0.25, 0.3) is 0 Å². The number of benzene rings is 2. The summed E-state index contributed by atoms with van der Waals surface area (Å²) in [6, 6.07) is 14.1. The maximum absolute atomic E-state index is 12.9. The molecular formula is C24H28N4O5S. The summed E-state index contributed by atoms with van der Waals surface area (Å²) in [5.41, 5.74) is -0.259. The zero-order valence-electron chi connectivity index (χ0n) is 19.2. The van der Waals surface area contributed by atoms with Gasteiger partial charge in [0.2, 0.25) is 15.9 Å². The largest absolute Gasteiger partial charge is 0.325 e. The first-order valence-corrected chi connectivity index (χ1v) is 12.6. The van der Waals surface area contributed by atoms with E-state index in [9.17, 15) is 22.8 Å². The number of hydrogen-bond acceptors (Lipinski definition) is 5. The van der Waals surface area contributed by atoms with E-state index in [1.807, 2.05) is 13.0 Å². The van der Waals surface area contributed by atoms with Crippen molar-refractivity contribution in [1.82, 2.24) is 14.5 Å². The van der Waals surface area contributed by atoms with Crippen molar-refractivity contribution >= 4 is 33.6 Å². The van der Waals surface area contributed by atoms with Crippen molar-refractivity contribution in [1.29, 1.82) is 0 Å². The summed E-state index contributed by atoms with van der Waals surface area (Å²) >= 11 is 0. The molecule has 2 aliphatic heterocycles. The Bertz CT molecular complexity index is 1200. The molecule has 180 valence electrons. The Morgan fingerprint density at radius 1 is 1.12 bits per heavy atom. The molecule has 2 saturated heterocycles. The molecule has 2 fully saturated rings. The zero-order chi connectivity index (χ0) is 24.5. The molecule has 2 aromatic rings. The van der Waals surface area contributed by atoms with Crippen molar-refractivity contribution in [2.75, 3.05) is 25.0 Å². The molecule has 0 aromatic heterocycles. The van der Waals surface area contributed by atoms with Crippen molar-refractivity contribution in [2.45, 2.75) is 37.1 Å².